The maximum Gasteiger partial charge on any atom is 0.416 e. The van der Waals surface area contributed by atoms with Crippen LogP contribution in [-0.4, -0.2) is 12.7 Å². The second-order valence-electron chi connectivity index (χ2n) is 3.16. The van der Waals surface area contributed by atoms with E-state index in [0.717, 1.165) is 12.1 Å². The van der Waals surface area contributed by atoms with Gasteiger partial charge in [0.05, 0.1) is 5.56 Å². The van der Waals surface area contributed by atoms with Crippen LogP contribution in [0, 0.1) is 0 Å². The molecular weight excluding hydrogens is 235 g/mol. The van der Waals surface area contributed by atoms with E-state index < -0.39 is 17.8 Å². The molecule has 0 unspecified atom stereocenters. The number of alkyl halides is 3. The third kappa shape index (κ3) is 4.58. The van der Waals surface area contributed by atoms with Crippen molar-refractivity contribution in [3.05, 3.63) is 41.5 Å². The molecule has 1 rings (SSSR count). The molecule has 1 amide bonds. The molecule has 0 fully saturated rings. The largest absolute Gasteiger partial charge is 0.445 e. The number of benzene rings is 1. The van der Waals surface area contributed by atoms with Crippen LogP contribution in [0.25, 0.3) is 6.08 Å². The van der Waals surface area contributed by atoms with Crippen molar-refractivity contribution in [2.75, 3.05) is 6.61 Å². The van der Waals surface area contributed by atoms with Gasteiger partial charge >= 0.3 is 12.3 Å². The number of halogens is 3. The van der Waals surface area contributed by atoms with Crippen molar-refractivity contribution in [2.45, 2.75) is 6.18 Å². The van der Waals surface area contributed by atoms with E-state index in [2.05, 4.69) is 4.74 Å². The Kier molecular flexibility index (Phi) is 4.14. The highest BCUT2D eigenvalue weighted by atomic mass is 19.4. The van der Waals surface area contributed by atoms with Crippen molar-refractivity contribution < 1.29 is 22.7 Å². The van der Waals surface area contributed by atoms with Crippen molar-refractivity contribution in [1.29, 1.82) is 0 Å². The maximum atomic E-state index is 12.4. The van der Waals surface area contributed by atoms with E-state index >= 15 is 0 Å². The fourth-order valence-electron chi connectivity index (χ4n) is 1.13. The van der Waals surface area contributed by atoms with Crippen LogP contribution in [0.15, 0.2) is 30.3 Å². The summed E-state index contributed by atoms with van der Waals surface area (Å²) in [6, 6.07) is 4.80. The van der Waals surface area contributed by atoms with Gasteiger partial charge in [0.1, 0.15) is 6.61 Å². The average Bonchev–Trinajstić information content (AvgIpc) is 2.23. The van der Waals surface area contributed by atoms with Gasteiger partial charge in [0.2, 0.25) is 0 Å². The van der Waals surface area contributed by atoms with Crippen molar-refractivity contribution in [3.8, 4) is 0 Å². The molecule has 92 valence electrons. The molecule has 0 aliphatic carbocycles. The summed E-state index contributed by atoms with van der Waals surface area (Å²) < 4.78 is 41.4. The fraction of sp³-hybridized carbons (Fsp3) is 0.182. The van der Waals surface area contributed by atoms with E-state index in [1.165, 1.54) is 24.3 Å². The molecule has 2 N–H and O–H groups in total. The predicted molar refractivity (Wildman–Crippen MR) is 56.0 cm³/mol. The van der Waals surface area contributed by atoms with Gasteiger partial charge in [-0.25, -0.2) is 4.79 Å². The lowest BCUT2D eigenvalue weighted by molar-refractivity contribution is -0.137. The molecule has 0 spiro atoms. The average molecular weight is 245 g/mol. The normalized spacial score (nSPS) is 11.7. The van der Waals surface area contributed by atoms with Gasteiger partial charge in [0.25, 0.3) is 0 Å². The highest BCUT2D eigenvalue weighted by Gasteiger charge is 2.30. The summed E-state index contributed by atoms with van der Waals surface area (Å²) in [5.74, 6) is 0. The van der Waals surface area contributed by atoms with Crippen molar-refractivity contribution in [3.63, 3.8) is 0 Å². The lowest BCUT2D eigenvalue weighted by atomic mass is 10.1. The maximum absolute atomic E-state index is 12.4. The SMILES string of the molecule is NC(=O)OCC=Cc1cccc(C(F)(F)F)c1. The van der Waals surface area contributed by atoms with Crippen LogP contribution in [0.3, 0.4) is 0 Å². The summed E-state index contributed by atoms with van der Waals surface area (Å²) in [7, 11) is 0. The Hall–Kier alpha value is -1.98. The summed E-state index contributed by atoms with van der Waals surface area (Å²) in [5.41, 5.74) is 4.35. The summed E-state index contributed by atoms with van der Waals surface area (Å²) >= 11 is 0. The highest BCUT2D eigenvalue weighted by molar-refractivity contribution is 5.64. The molecule has 0 radical (unpaired) electrons. The van der Waals surface area contributed by atoms with E-state index in [4.69, 9.17) is 5.73 Å². The van der Waals surface area contributed by atoms with Crippen LogP contribution in [-0.2, 0) is 10.9 Å². The second-order valence-corrected chi connectivity index (χ2v) is 3.16. The first-order valence-electron chi connectivity index (χ1n) is 4.65. The Morgan fingerprint density at radius 3 is 2.71 bits per heavy atom. The number of carbonyl (C=O) groups excluding carboxylic acids is 1. The number of primary amides is 1. The molecule has 0 atom stereocenters. The summed E-state index contributed by atoms with van der Waals surface area (Å²) in [4.78, 5) is 10.2. The van der Waals surface area contributed by atoms with Gasteiger partial charge in [-0.05, 0) is 23.8 Å². The number of rotatable bonds is 3. The van der Waals surface area contributed by atoms with Crippen LogP contribution in [0.5, 0.6) is 0 Å². The lowest BCUT2D eigenvalue weighted by Crippen LogP contribution is -2.12. The minimum absolute atomic E-state index is 0.0778. The Labute approximate surface area is 95.7 Å². The second kappa shape index (κ2) is 5.38. The molecular formula is C11H10F3NO2. The molecule has 0 bridgehead atoms. The van der Waals surface area contributed by atoms with Gasteiger partial charge in [0, 0.05) is 0 Å². The molecule has 0 aromatic heterocycles. The van der Waals surface area contributed by atoms with E-state index in [1.807, 2.05) is 0 Å². The smallest absolute Gasteiger partial charge is 0.416 e. The quantitative estimate of drug-likeness (QED) is 0.890. The molecule has 0 aliphatic rings. The van der Waals surface area contributed by atoms with Crippen LogP contribution in [0.1, 0.15) is 11.1 Å². The minimum atomic E-state index is -4.37. The first-order chi connectivity index (χ1) is 7.89. The van der Waals surface area contributed by atoms with Gasteiger partial charge in [-0.1, -0.05) is 18.2 Å². The monoisotopic (exact) mass is 245 g/mol. The standard InChI is InChI=1S/C11H10F3NO2/c12-11(13,14)9-5-1-3-8(7-9)4-2-6-17-10(15)16/h1-5,7H,6H2,(H2,15,16). The van der Waals surface area contributed by atoms with E-state index in [0.29, 0.717) is 5.56 Å². The summed E-state index contributed by atoms with van der Waals surface area (Å²) in [6.45, 7) is -0.0778. The molecule has 1 aromatic carbocycles. The Morgan fingerprint density at radius 2 is 2.12 bits per heavy atom. The van der Waals surface area contributed by atoms with Gasteiger partial charge in [-0.2, -0.15) is 13.2 Å². The third-order valence-electron chi connectivity index (χ3n) is 1.85. The lowest BCUT2D eigenvalue weighted by Gasteiger charge is -2.06. The summed E-state index contributed by atoms with van der Waals surface area (Å²) in [5, 5.41) is 0. The topological polar surface area (TPSA) is 52.3 Å². The van der Waals surface area contributed by atoms with Gasteiger partial charge < -0.3 is 10.5 Å². The van der Waals surface area contributed by atoms with Crippen LogP contribution >= 0.6 is 0 Å². The highest BCUT2D eigenvalue weighted by Crippen LogP contribution is 2.29. The van der Waals surface area contributed by atoms with Crippen molar-refractivity contribution in [2.24, 2.45) is 5.73 Å². The zero-order valence-electron chi connectivity index (χ0n) is 8.70. The van der Waals surface area contributed by atoms with Gasteiger partial charge in [0.15, 0.2) is 0 Å². The number of hydrogen-bond acceptors (Lipinski definition) is 2. The molecule has 17 heavy (non-hydrogen) atoms. The first-order valence-corrected chi connectivity index (χ1v) is 4.65. The molecule has 0 aliphatic heterocycles. The molecule has 0 saturated heterocycles. The number of hydrogen-bond donors (Lipinski definition) is 1. The van der Waals surface area contributed by atoms with Crippen LogP contribution in [0.2, 0.25) is 0 Å². The van der Waals surface area contributed by atoms with E-state index in [9.17, 15) is 18.0 Å². The fourth-order valence-corrected chi connectivity index (χ4v) is 1.13. The summed E-state index contributed by atoms with van der Waals surface area (Å²) in [6.07, 6.45) is -2.48. The minimum Gasteiger partial charge on any atom is -0.445 e. The Balaban J connectivity index is 2.69. The van der Waals surface area contributed by atoms with Gasteiger partial charge in [-0.3, -0.25) is 0 Å². The number of ether oxygens (including phenoxy) is 1. The number of amides is 1. The first kappa shape index (κ1) is 13.1. The van der Waals surface area contributed by atoms with Crippen molar-refractivity contribution in [1.82, 2.24) is 0 Å². The molecule has 6 heteroatoms. The predicted octanol–water partition coefficient (Wildman–Crippen LogP) is 2.81. The molecule has 0 heterocycles. The third-order valence-corrected chi connectivity index (χ3v) is 1.85. The number of carbonyl (C=O) groups is 1. The zero-order chi connectivity index (χ0) is 12.9. The molecule has 3 nitrogen and oxygen atoms in total. The number of nitrogens with two attached hydrogens (primary N) is 1. The van der Waals surface area contributed by atoms with E-state index in [-0.39, 0.29) is 6.61 Å². The van der Waals surface area contributed by atoms with Crippen molar-refractivity contribution >= 4 is 12.2 Å². The Morgan fingerprint density at radius 1 is 1.41 bits per heavy atom. The van der Waals surface area contributed by atoms with Crippen LogP contribution < -0.4 is 5.73 Å². The van der Waals surface area contributed by atoms with Crippen LogP contribution in [0.4, 0.5) is 18.0 Å². The zero-order valence-corrected chi connectivity index (χ0v) is 8.70. The van der Waals surface area contributed by atoms with Gasteiger partial charge in [-0.15, -0.1) is 0 Å². The van der Waals surface area contributed by atoms with E-state index in [1.54, 1.807) is 0 Å². The molecule has 1 aromatic rings. The molecule has 0 saturated carbocycles. The Bertz CT molecular complexity index is 427.